The number of piperazine rings is 1. The fraction of sp³-hybridized carbons (Fsp3) is 0.429. The van der Waals surface area contributed by atoms with E-state index in [1.807, 2.05) is 28.0 Å². The normalized spacial score (nSPS) is 20.1. The molecule has 0 radical (unpaired) electrons. The number of aromatic nitrogens is 1. The zero-order chi connectivity index (χ0) is 20.6. The lowest BCUT2D eigenvalue weighted by Gasteiger charge is -2.36. The van der Waals surface area contributed by atoms with Crippen molar-refractivity contribution in [3.63, 3.8) is 0 Å². The molecule has 0 aliphatic carbocycles. The minimum absolute atomic E-state index is 0.0866. The van der Waals surface area contributed by atoms with Gasteiger partial charge < -0.3 is 9.80 Å². The average molecular weight is 404 g/mol. The summed E-state index contributed by atoms with van der Waals surface area (Å²) >= 11 is 0. The number of fused-ring (bicyclic) bond motifs is 1. The van der Waals surface area contributed by atoms with Gasteiger partial charge in [-0.15, -0.1) is 0 Å². The Morgan fingerprint density at radius 1 is 1.10 bits per heavy atom. The molecule has 0 spiro atoms. The predicted molar refractivity (Wildman–Crippen MR) is 105 cm³/mol. The van der Waals surface area contributed by atoms with Gasteiger partial charge in [-0.3, -0.25) is 9.69 Å². The number of hydrogen-bond acceptors (Lipinski definition) is 4. The van der Waals surface area contributed by atoms with E-state index in [1.54, 1.807) is 0 Å². The molecule has 0 unspecified atom stereocenters. The van der Waals surface area contributed by atoms with Gasteiger partial charge in [-0.1, -0.05) is 18.2 Å². The molecule has 5 nitrogen and oxygen atoms in total. The first kappa shape index (κ1) is 19.7. The average Bonchev–Trinajstić information content (AvgIpc) is 3.04. The number of carbonyl (C=O) groups is 1. The first-order valence-electron chi connectivity index (χ1n) is 9.73. The van der Waals surface area contributed by atoms with E-state index < -0.39 is 11.7 Å². The summed E-state index contributed by atoms with van der Waals surface area (Å²) in [6, 6.07) is 10.6. The highest BCUT2D eigenvalue weighted by molar-refractivity contribution is 5.97. The molecule has 0 bridgehead atoms. The highest BCUT2D eigenvalue weighted by atomic mass is 19.4. The quantitative estimate of drug-likeness (QED) is 0.788. The lowest BCUT2D eigenvalue weighted by Crippen LogP contribution is -2.51. The van der Waals surface area contributed by atoms with Crippen LogP contribution >= 0.6 is 0 Å². The minimum Gasteiger partial charge on any atom is -0.354 e. The zero-order valence-electron chi connectivity index (χ0n) is 16.2. The number of para-hydroxylation sites is 1. The summed E-state index contributed by atoms with van der Waals surface area (Å²) in [4.78, 5) is 22.8. The molecule has 29 heavy (non-hydrogen) atoms. The highest BCUT2D eigenvalue weighted by Crippen LogP contribution is 2.32. The second-order valence-corrected chi connectivity index (χ2v) is 7.61. The standard InChI is InChI=1S/C21H23F3N4O/c1-15-12-16-4-2-3-5-18(16)28(15)20(29)14-26-8-10-27(11-9-26)19-7-6-17(13-25-19)21(22,23)24/h2-7,13,15H,8-12,14H2,1H3/t15-/m1/s1. The molecular formula is C21H23F3N4O. The van der Waals surface area contributed by atoms with Gasteiger partial charge in [-0.2, -0.15) is 13.2 Å². The number of rotatable bonds is 3. The molecule has 1 amide bonds. The number of hydrogen-bond donors (Lipinski definition) is 0. The van der Waals surface area contributed by atoms with Gasteiger partial charge in [-0.05, 0) is 37.1 Å². The molecule has 1 saturated heterocycles. The molecule has 4 rings (SSSR count). The Bertz CT molecular complexity index is 876. The summed E-state index contributed by atoms with van der Waals surface area (Å²) in [5, 5.41) is 0. The third-order valence-electron chi connectivity index (χ3n) is 5.61. The Balaban J connectivity index is 1.34. The lowest BCUT2D eigenvalue weighted by molar-refractivity contribution is -0.137. The van der Waals surface area contributed by atoms with E-state index in [1.165, 1.54) is 11.6 Å². The van der Waals surface area contributed by atoms with E-state index in [-0.39, 0.29) is 11.9 Å². The van der Waals surface area contributed by atoms with E-state index in [0.717, 1.165) is 24.4 Å². The van der Waals surface area contributed by atoms with Gasteiger partial charge in [0, 0.05) is 44.1 Å². The molecule has 2 aliphatic heterocycles. The van der Waals surface area contributed by atoms with Crippen LogP contribution in [-0.4, -0.2) is 54.6 Å². The summed E-state index contributed by atoms with van der Waals surface area (Å²) in [6.07, 6.45) is -2.64. The fourth-order valence-electron chi connectivity index (χ4n) is 4.09. The van der Waals surface area contributed by atoms with Gasteiger partial charge in [-0.25, -0.2) is 4.98 Å². The highest BCUT2D eigenvalue weighted by Gasteiger charge is 2.33. The molecule has 0 saturated carbocycles. The van der Waals surface area contributed by atoms with Gasteiger partial charge >= 0.3 is 6.18 Å². The van der Waals surface area contributed by atoms with Crippen molar-refractivity contribution in [2.45, 2.75) is 25.6 Å². The van der Waals surface area contributed by atoms with Crippen LogP contribution in [0.25, 0.3) is 0 Å². The van der Waals surface area contributed by atoms with Crippen LogP contribution in [-0.2, 0) is 17.4 Å². The largest absolute Gasteiger partial charge is 0.417 e. The molecule has 2 aromatic rings. The minimum atomic E-state index is -4.38. The van der Waals surface area contributed by atoms with Crippen LogP contribution in [0.5, 0.6) is 0 Å². The molecule has 0 N–H and O–H groups in total. The van der Waals surface area contributed by atoms with Crippen LogP contribution in [0.3, 0.4) is 0 Å². The predicted octanol–water partition coefficient (Wildman–Crippen LogP) is 3.20. The van der Waals surface area contributed by atoms with Gasteiger partial charge in [0.25, 0.3) is 0 Å². The second-order valence-electron chi connectivity index (χ2n) is 7.61. The van der Waals surface area contributed by atoms with Crippen molar-refractivity contribution in [1.29, 1.82) is 0 Å². The number of halogens is 3. The van der Waals surface area contributed by atoms with Crippen LogP contribution in [0.15, 0.2) is 42.6 Å². The Kier molecular flexibility index (Phi) is 5.21. The molecule has 1 aromatic carbocycles. The number of amides is 1. The van der Waals surface area contributed by atoms with Crippen molar-refractivity contribution in [1.82, 2.24) is 9.88 Å². The van der Waals surface area contributed by atoms with Crippen LogP contribution in [0.2, 0.25) is 0 Å². The Hall–Kier alpha value is -2.61. The number of alkyl halides is 3. The number of pyridine rings is 1. The lowest BCUT2D eigenvalue weighted by atomic mass is 10.1. The maximum atomic E-state index is 12.9. The van der Waals surface area contributed by atoms with Crippen molar-refractivity contribution in [2.24, 2.45) is 0 Å². The maximum absolute atomic E-state index is 12.9. The van der Waals surface area contributed by atoms with Crippen molar-refractivity contribution < 1.29 is 18.0 Å². The molecule has 1 aromatic heterocycles. The second kappa shape index (κ2) is 7.67. The number of carbonyl (C=O) groups excluding carboxylic acids is 1. The van der Waals surface area contributed by atoms with Gasteiger partial charge in [0.05, 0.1) is 12.1 Å². The van der Waals surface area contributed by atoms with Crippen LogP contribution in [0, 0.1) is 0 Å². The first-order chi connectivity index (χ1) is 13.8. The topological polar surface area (TPSA) is 39.7 Å². The monoisotopic (exact) mass is 404 g/mol. The molecule has 1 fully saturated rings. The third kappa shape index (κ3) is 4.07. The first-order valence-corrected chi connectivity index (χ1v) is 9.73. The Labute approximate surface area is 167 Å². The number of benzene rings is 1. The summed E-state index contributed by atoms with van der Waals surface area (Å²) in [5.74, 6) is 0.620. The van der Waals surface area contributed by atoms with Gasteiger partial charge in [0.2, 0.25) is 5.91 Å². The summed E-state index contributed by atoms with van der Waals surface area (Å²) in [6.45, 7) is 4.98. The van der Waals surface area contributed by atoms with E-state index >= 15 is 0 Å². The van der Waals surface area contributed by atoms with Crippen molar-refractivity contribution >= 4 is 17.4 Å². The molecular weight excluding hydrogens is 381 g/mol. The van der Waals surface area contributed by atoms with Crippen molar-refractivity contribution in [3.05, 3.63) is 53.7 Å². The molecule has 1 atom stereocenters. The SMILES string of the molecule is C[C@@H]1Cc2ccccc2N1C(=O)CN1CCN(c2ccc(C(F)(F)F)cn2)CC1. The molecule has 154 valence electrons. The zero-order valence-corrected chi connectivity index (χ0v) is 16.2. The smallest absolute Gasteiger partial charge is 0.354 e. The van der Waals surface area contributed by atoms with E-state index in [9.17, 15) is 18.0 Å². The number of nitrogens with zero attached hydrogens (tertiary/aromatic N) is 4. The summed E-state index contributed by atoms with van der Waals surface area (Å²) in [7, 11) is 0. The van der Waals surface area contributed by atoms with E-state index in [2.05, 4.69) is 22.9 Å². The number of anilines is 2. The van der Waals surface area contributed by atoms with E-state index in [4.69, 9.17) is 0 Å². The van der Waals surface area contributed by atoms with Crippen LogP contribution < -0.4 is 9.80 Å². The van der Waals surface area contributed by atoms with Crippen LogP contribution in [0.1, 0.15) is 18.1 Å². The van der Waals surface area contributed by atoms with Crippen molar-refractivity contribution in [3.8, 4) is 0 Å². The van der Waals surface area contributed by atoms with Crippen molar-refractivity contribution in [2.75, 3.05) is 42.5 Å². The molecule has 3 heterocycles. The summed E-state index contributed by atoms with van der Waals surface area (Å²) in [5.41, 5.74) is 1.45. The molecule has 8 heteroatoms. The van der Waals surface area contributed by atoms with Gasteiger partial charge in [0.15, 0.2) is 0 Å². The van der Waals surface area contributed by atoms with Crippen LogP contribution in [0.4, 0.5) is 24.7 Å². The maximum Gasteiger partial charge on any atom is 0.417 e. The van der Waals surface area contributed by atoms with E-state index in [0.29, 0.717) is 38.5 Å². The third-order valence-corrected chi connectivity index (χ3v) is 5.61. The Morgan fingerprint density at radius 3 is 2.48 bits per heavy atom. The van der Waals surface area contributed by atoms with Gasteiger partial charge in [0.1, 0.15) is 5.82 Å². The summed E-state index contributed by atoms with van der Waals surface area (Å²) < 4.78 is 38.1. The molecule has 2 aliphatic rings. The Morgan fingerprint density at radius 2 is 1.83 bits per heavy atom. The fourth-order valence-corrected chi connectivity index (χ4v) is 4.09.